The first-order valence-electron chi connectivity index (χ1n) is 10.4. The van der Waals surface area contributed by atoms with Crippen LogP contribution in [-0.4, -0.2) is 30.4 Å². The van der Waals surface area contributed by atoms with E-state index in [-0.39, 0.29) is 23.4 Å². The maximum Gasteiger partial charge on any atom is 0.262 e. The molecule has 2 aliphatic carbocycles. The lowest BCUT2D eigenvalue weighted by Gasteiger charge is -2.33. The van der Waals surface area contributed by atoms with Gasteiger partial charge in [-0.15, -0.1) is 0 Å². The normalized spacial score (nSPS) is 29.9. The molecule has 0 unspecified atom stereocenters. The molecule has 2 fully saturated rings. The predicted octanol–water partition coefficient (Wildman–Crippen LogP) is 4.23. The molecule has 154 valence electrons. The molecule has 3 aromatic rings. The zero-order valence-corrected chi connectivity index (χ0v) is 17.0. The second kappa shape index (κ2) is 6.50. The number of aryl methyl sites for hydroxylation is 2. The molecule has 3 aromatic heterocycles. The summed E-state index contributed by atoms with van der Waals surface area (Å²) >= 11 is 0. The van der Waals surface area contributed by atoms with Gasteiger partial charge >= 0.3 is 0 Å². The van der Waals surface area contributed by atoms with Gasteiger partial charge in [-0.25, -0.2) is 19.0 Å². The summed E-state index contributed by atoms with van der Waals surface area (Å²) < 4.78 is 21.9. The fraction of sp³-hybridized carbons (Fsp3) is 0.619. The van der Waals surface area contributed by atoms with Crippen LogP contribution in [0.1, 0.15) is 86.5 Å². The first kappa shape index (κ1) is 18.5. The van der Waals surface area contributed by atoms with Gasteiger partial charge in [0.2, 0.25) is 0 Å². The van der Waals surface area contributed by atoms with Gasteiger partial charge in [0, 0.05) is 11.8 Å². The third kappa shape index (κ3) is 3.09. The fourth-order valence-electron chi connectivity index (χ4n) is 4.62. The van der Waals surface area contributed by atoms with E-state index in [1.165, 1.54) is 0 Å². The van der Waals surface area contributed by atoms with Gasteiger partial charge < -0.3 is 9.40 Å². The molecular weight excluding hydrogens is 373 g/mol. The number of hydrogen-bond acceptors (Lipinski definition) is 5. The number of fused-ring (bicyclic) bond motifs is 1. The minimum absolute atomic E-state index is 0.0766. The van der Waals surface area contributed by atoms with Crippen LogP contribution >= 0.6 is 0 Å². The third-order valence-electron chi connectivity index (χ3n) is 6.81. The number of aromatic nitrogens is 5. The van der Waals surface area contributed by atoms with E-state index in [0.29, 0.717) is 42.5 Å². The summed E-state index contributed by atoms with van der Waals surface area (Å²) in [6.45, 7) is 5.51. The molecule has 3 heterocycles. The molecule has 2 atom stereocenters. The van der Waals surface area contributed by atoms with Crippen molar-refractivity contribution in [2.75, 3.05) is 0 Å². The smallest absolute Gasteiger partial charge is 0.262 e. The molecule has 0 amide bonds. The van der Waals surface area contributed by atoms with Gasteiger partial charge in [0.1, 0.15) is 22.6 Å². The molecule has 7 nitrogen and oxygen atoms in total. The van der Waals surface area contributed by atoms with Crippen molar-refractivity contribution in [3.8, 4) is 0 Å². The first-order valence-corrected chi connectivity index (χ1v) is 10.4. The molecule has 0 aliphatic heterocycles. The van der Waals surface area contributed by atoms with Crippen molar-refractivity contribution in [3.63, 3.8) is 0 Å². The molecule has 1 N–H and O–H groups in total. The van der Waals surface area contributed by atoms with Crippen LogP contribution in [0.25, 0.3) is 11.0 Å². The number of oxazole rings is 1. The average molecular weight is 399 g/mol. The Kier molecular flexibility index (Phi) is 4.15. The molecule has 8 heteroatoms. The van der Waals surface area contributed by atoms with Crippen LogP contribution in [0.2, 0.25) is 0 Å². The quantitative estimate of drug-likeness (QED) is 0.712. The molecule has 2 aliphatic rings. The molecule has 0 radical (unpaired) electrons. The van der Waals surface area contributed by atoms with Gasteiger partial charge in [-0.2, -0.15) is 5.10 Å². The standard InChI is InChI=1S/C21H26FN5O2/c1-11-12(2)29-20(24-11)15-5-4-14(15)17-25-18-16(19(28)26-17)10-23-27(18)13-6-8-21(3,22)9-7-13/h10,13-15H,4-9H2,1-3H3,(H,25,26,28)/t13?,14-,15-,21?/m0/s1. The van der Waals surface area contributed by atoms with E-state index in [2.05, 4.69) is 15.1 Å². The first-order chi connectivity index (χ1) is 13.8. The Balaban J connectivity index is 1.49. The zero-order valence-electron chi connectivity index (χ0n) is 17.0. The molecule has 0 spiro atoms. The Morgan fingerprint density at radius 2 is 1.90 bits per heavy atom. The highest BCUT2D eigenvalue weighted by atomic mass is 19.1. The van der Waals surface area contributed by atoms with Crippen LogP contribution in [0.15, 0.2) is 15.4 Å². The van der Waals surface area contributed by atoms with E-state index in [9.17, 15) is 9.18 Å². The zero-order chi connectivity index (χ0) is 20.3. The number of H-pyrrole nitrogens is 1. The average Bonchev–Trinajstić information content (AvgIpc) is 3.18. The monoisotopic (exact) mass is 399 g/mol. The highest BCUT2D eigenvalue weighted by Gasteiger charge is 2.39. The molecule has 0 saturated heterocycles. The van der Waals surface area contributed by atoms with Crippen LogP contribution in [0.4, 0.5) is 4.39 Å². The Morgan fingerprint density at radius 1 is 1.17 bits per heavy atom. The summed E-state index contributed by atoms with van der Waals surface area (Å²) in [6, 6.07) is 0.0766. The number of nitrogens with one attached hydrogen (secondary N) is 1. The lowest BCUT2D eigenvalue weighted by Crippen LogP contribution is -2.29. The summed E-state index contributed by atoms with van der Waals surface area (Å²) in [5.74, 6) is 2.43. The van der Waals surface area contributed by atoms with Gasteiger partial charge in [0.25, 0.3) is 5.56 Å². The number of rotatable bonds is 3. The minimum Gasteiger partial charge on any atom is -0.445 e. The second-order valence-electron chi connectivity index (χ2n) is 8.91. The van der Waals surface area contributed by atoms with Crippen molar-refractivity contribution in [1.82, 2.24) is 24.7 Å². The van der Waals surface area contributed by atoms with Crippen molar-refractivity contribution < 1.29 is 8.81 Å². The van der Waals surface area contributed by atoms with Gasteiger partial charge in [0.05, 0.1) is 17.9 Å². The van der Waals surface area contributed by atoms with Crippen LogP contribution in [-0.2, 0) is 0 Å². The van der Waals surface area contributed by atoms with Gasteiger partial charge in [-0.1, -0.05) is 0 Å². The van der Waals surface area contributed by atoms with Crippen LogP contribution in [0.3, 0.4) is 0 Å². The Bertz CT molecular complexity index is 1100. The highest BCUT2D eigenvalue weighted by Crippen LogP contribution is 2.48. The topological polar surface area (TPSA) is 89.6 Å². The summed E-state index contributed by atoms with van der Waals surface area (Å²) in [7, 11) is 0. The lowest BCUT2D eigenvalue weighted by molar-refractivity contribution is 0.103. The van der Waals surface area contributed by atoms with Gasteiger partial charge in [-0.05, 0) is 59.3 Å². The third-order valence-corrected chi connectivity index (χ3v) is 6.81. The van der Waals surface area contributed by atoms with Gasteiger partial charge in [-0.3, -0.25) is 4.79 Å². The maximum atomic E-state index is 14.2. The molecular formula is C21H26FN5O2. The van der Waals surface area contributed by atoms with Crippen molar-refractivity contribution in [1.29, 1.82) is 0 Å². The molecule has 0 aromatic carbocycles. The number of halogens is 1. The number of nitrogens with zero attached hydrogens (tertiary/aromatic N) is 4. The molecule has 5 rings (SSSR count). The minimum atomic E-state index is -1.11. The van der Waals surface area contributed by atoms with Crippen LogP contribution in [0, 0.1) is 13.8 Å². The van der Waals surface area contributed by atoms with E-state index in [0.717, 1.165) is 30.2 Å². The molecule has 29 heavy (non-hydrogen) atoms. The van der Waals surface area contributed by atoms with Gasteiger partial charge in [0.15, 0.2) is 11.5 Å². The van der Waals surface area contributed by atoms with E-state index in [1.54, 1.807) is 13.1 Å². The molecule has 2 saturated carbocycles. The number of alkyl halides is 1. The van der Waals surface area contributed by atoms with Crippen molar-refractivity contribution in [2.24, 2.45) is 0 Å². The van der Waals surface area contributed by atoms with Crippen molar-refractivity contribution in [2.45, 2.75) is 82.8 Å². The van der Waals surface area contributed by atoms with Crippen LogP contribution < -0.4 is 5.56 Å². The second-order valence-corrected chi connectivity index (χ2v) is 8.91. The Morgan fingerprint density at radius 3 is 2.52 bits per heavy atom. The van der Waals surface area contributed by atoms with E-state index >= 15 is 0 Å². The van der Waals surface area contributed by atoms with Crippen molar-refractivity contribution in [3.05, 3.63) is 39.7 Å². The molecule has 0 bridgehead atoms. The predicted molar refractivity (Wildman–Crippen MR) is 106 cm³/mol. The highest BCUT2D eigenvalue weighted by molar-refractivity contribution is 5.73. The SMILES string of the molecule is Cc1nc([C@H]2CC[C@@H]2c2nc3c(cnn3C3CCC(C)(F)CC3)c(=O)[nH]2)oc1C. The largest absolute Gasteiger partial charge is 0.445 e. The lowest BCUT2D eigenvalue weighted by atomic mass is 9.73. The number of hydrogen-bond donors (Lipinski definition) is 1. The Labute approximate surface area is 167 Å². The summed E-state index contributed by atoms with van der Waals surface area (Å²) in [6.07, 6.45) is 5.88. The fourth-order valence-corrected chi connectivity index (χ4v) is 4.62. The van der Waals surface area contributed by atoms with E-state index < -0.39 is 5.67 Å². The maximum absolute atomic E-state index is 14.2. The Hall–Kier alpha value is -2.51. The summed E-state index contributed by atoms with van der Waals surface area (Å²) in [4.78, 5) is 25.0. The summed E-state index contributed by atoms with van der Waals surface area (Å²) in [5, 5.41) is 4.93. The van der Waals surface area contributed by atoms with Crippen molar-refractivity contribution >= 4 is 11.0 Å². The van der Waals surface area contributed by atoms with E-state index in [4.69, 9.17) is 9.40 Å². The van der Waals surface area contributed by atoms with Crippen LogP contribution in [0.5, 0.6) is 0 Å². The summed E-state index contributed by atoms with van der Waals surface area (Å²) in [5.41, 5.74) is 0.216. The van der Waals surface area contributed by atoms with E-state index in [1.807, 2.05) is 18.5 Å². The number of aromatic amines is 1.